The maximum absolute atomic E-state index is 15.2. The van der Waals surface area contributed by atoms with Crippen LogP contribution in [0.5, 0.6) is 0 Å². The summed E-state index contributed by atoms with van der Waals surface area (Å²) in [6.07, 6.45) is 0.0835. The van der Waals surface area contributed by atoms with Crippen LogP contribution in [0.4, 0.5) is 10.1 Å². The van der Waals surface area contributed by atoms with Crippen molar-refractivity contribution in [1.82, 2.24) is 10.2 Å². The van der Waals surface area contributed by atoms with Crippen molar-refractivity contribution in [2.75, 3.05) is 32.2 Å². The van der Waals surface area contributed by atoms with Crippen LogP contribution in [0, 0.1) is 11.7 Å². The molecule has 3 aliphatic heterocycles. The Kier molecular flexibility index (Phi) is 4.80. The third-order valence-corrected chi connectivity index (χ3v) is 5.73. The molecule has 3 heterocycles. The molecule has 0 aromatic heterocycles. The summed E-state index contributed by atoms with van der Waals surface area (Å²) >= 11 is 0. The molecule has 150 valence electrons. The number of methoxy groups -OCH3 is 2. The number of carbonyl (C=O) groups excluding carboxylic acids is 3. The molecule has 0 aliphatic carbocycles. The smallest absolute Gasteiger partial charge is 0.255 e. The number of hydrogen-bond donors (Lipinski definition) is 1. The Morgan fingerprint density at radius 1 is 1.18 bits per heavy atom. The molecule has 1 atom stereocenters. The van der Waals surface area contributed by atoms with Crippen LogP contribution < -0.4 is 10.2 Å². The fourth-order valence-electron chi connectivity index (χ4n) is 4.20. The van der Waals surface area contributed by atoms with Crippen LogP contribution in [0.25, 0.3) is 0 Å². The van der Waals surface area contributed by atoms with E-state index in [4.69, 9.17) is 9.47 Å². The molecule has 1 aromatic carbocycles. The van der Waals surface area contributed by atoms with Crippen LogP contribution in [-0.2, 0) is 25.6 Å². The van der Waals surface area contributed by atoms with Gasteiger partial charge in [0.25, 0.3) is 5.91 Å². The number of nitrogens with zero attached hydrogens (tertiary/aromatic N) is 2. The first-order valence-corrected chi connectivity index (χ1v) is 9.21. The highest BCUT2D eigenvalue weighted by molar-refractivity contribution is 6.05. The van der Waals surface area contributed by atoms with Crippen molar-refractivity contribution in [2.24, 2.45) is 5.92 Å². The largest absolute Gasteiger partial charge is 0.368 e. The average Bonchev–Trinajstić information content (AvgIpc) is 2.96. The van der Waals surface area contributed by atoms with Gasteiger partial charge in [0.1, 0.15) is 6.04 Å². The monoisotopic (exact) mass is 391 g/mol. The van der Waals surface area contributed by atoms with Crippen LogP contribution in [0.3, 0.4) is 0 Å². The van der Waals surface area contributed by atoms with Gasteiger partial charge in [-0.05, 0) is 18.6 Å². The van der Waals surface area contributed by atoms with Gasteiger partial charge in [-0.3, -0.25) is 19.7 Å². The van der Waals surface area contributed by atoms with Gasteiger partial charge in [0.05, 0.1) is 12.2 Å². The van der Waals surface area contributed by atoms with Crippen LogP contribution in [0.1, 0.15) is 28.8 Å². The van der Waals surface area contributed by atoms with E-state index in [-0.39, 0.29) is 49.0 Å². The molecule has 1 aromatic rings. The second-order valence-corrected chi connectivity index (χ2v) is 7.33. The van der Waals surface area contributed by atoms with Crippen LogP contribution >= 0.6 is 0 Å². The number of rotatable bonds is 5. The molecule has 3 amide bonds. The summed E-state index contributed by atoms with van der Waals surface area (Å²) in [5.74, 6) is -1.53. The molecule has 4 rings (SSSR count). The summed E-state index contributed by atoms with van der Waals surface area (Å²) in [6, 6.07) is 2.46. The third kappa shape index (κ3) is 2.94. The zero-order valence-electron chi connectivity index (χ0n) is 15.7. The standard InChI is InChI=1S/C19H22FN3O5/c1-27-19(28-2)10-7-22(8-10)13-4-3-11-12(16(13)20)9-23(18(11)26)14-5-6-15(24)21-17(14)25/h3-4,10,14,19H,5-9H2,1-2H3,(H,21,24,25). The van der Waals surface area contributed by atoms with Crippen molar-refractivity contribution in [3.8, 4) is 0 Å². The summed E-state index contributed by atoms with van der Waals surface area (Å²) in [5.41, 5.74) is 0.999. The summed E-state index contributed by atoms with van der Waals surface area (Å²) in [7, 11) is 3.14. The minimum absolute atomic E-state index is 0.0240. The molecule has 0 radical (unpaired) electrons. The van der Waals surface area contributed by atoms with Gasteiger partial charge in [-0.1, -0.05) is 0 Å². The van der Waals surface area contributed by atoms with Gasteiger partial charge in [0.2, 0.25) is 11.8 Å². The Hall–Kier alpha value is -2.52. The number of piperidine rings is 1. The first-order chi connectivity index (χ1) is 13.4. The minimum atomic E-state index is -0.752. The van der Waals surface area contributed by atoms with Gasteiger partial charge in [0, 0.05) is 50.8 Å². The Morgan fingerprint density at radius 2 is 1.89 bits per heavy atom. The van der Waals surface area contributed by atoms with Crippen molar-refractivity contribution in [3.63, 3.8) is 0 Å². The van der Waals surface area contributed by atoms with E-state index in [0.717, 1.165) is 0 Å². The maximum atomic E-state index is 15.2. The lowest BCUT2D eigenvalue weighted by molar-refractivity contribution is -0.142. The van der Waals surface area contributed by atoms with E-state index < -0.39 is 17.8 Å². The molecule has 2 saturated heterocycles. The van der Waals surface area contributed by atoms with Crippen molar-refractivity contribution in [1.29, 1.82) is 0 Å². The van der Waals surface area contributed by atoms with E-state index in [1.165, 1.54) is 4.90 Å². The lowest BCUT2D eigenvalue weighted by Crippen LogP contribution is -2.53. The summed E-state index contributed by atoms with van der Waals surface area (Å²) in [6.45, 7) is 1.20. The second kappa shape index (κ2) is 7.14. The van der Waals surface area contributed by atoms with E-state index in [1.54, 1.807) is 26.4 Å². The van der Waals surface area contributed by atoms with E-state index in [2.05, 4.69) is 5.32 Å². The molecule has 1 unspecified atom stereocenters. The number of fused-ring (bicyclic) bond motifs is 1. The molecule has 28 heavy (non-hydrogen) atoms. The first-order valence-electron chi connectivity index (χ1n) is 9.21. The van der Waals surface area contributed by atoms with Crippen LogP contribution in [0.2, 0.25) is 0 Å². The van der Waals surface area contributed by atoms with Crippen LogP contribution in [-0.4, -0.2) is 62.3 Å². The molecular weight excluding hydrogens is 369 g/mol. The first kappa shape index (κ1) is 18.8. The number of anilines is 1. The molecule has 8 nitrogen and oxygen atoms in total. The molecule has 3 aliphatic rings. The summed E-state index contributed by atoms with van der Waals surface area (Å²) in [4.78, 5) is 39.4. The number of ether oxygens (including phenoxy) is 2. The maximum Gasteiger partial charge on any atom is 0.255 e. The Bertz CT molecular complexity index is 835. The van der Waals surface area contributed by atoms with E-state index >= 15 is 4.39 Å². The Balaban J connectivity index is 1.52. The van der Waals surface area contributed by atoms with Gasteiger partial charge in [0.15, 0.2) is 12.1 Å². The Labute approximate surface area is 161 Å². The fourth-order valence-corrected chi connectivity index (χ4v) is 4.20. The van der Waals surface area contributed by atoms with Gasteiger partial charge >= 0.3 is 0 Å². The highest BCUT2D eigenvalue weighted by Gasteiger charge is 2.42. The molecule has 0 spiro atoms. The van der Waals surface area contributed by atoms with Gasteiger partial charge < -0.3 is 19.3 Å². The number of hydrogen-bond acceptors (Lipinski definition) is 6. The zero-order chi connectivity index (χ0) is 20.0. The number of carbonyl (C=O) groups is 3. The van der Waals surface area contributed by atoms with Crippen molar-refractivity contribution in [3.05, 3.63) is 29.1 Å². The van der Waals surface area contributed by atoms with E-state index in [1.807, 2.05) is 4.90 Å². The Morgan fingerprint density at radius 3 is 2.54 bits per heavy atom. The second-order valence-electron chi connectivity index (χ2n) is 7.33. The summed E-state index contributed by atoms with van der Waals surface area (Å²) in [5, 5.41) is 2.25. The number of halogens is 1. The number of benzene rings is 1. The number of amides is 3. The van der Waals surface area contributed by atoms with Crippen molar-refractivity contribution in [2.45, 2.75) is 31.7 Å². The predicted molar refractivity (Wildman–Crippen MR) is 96.0 cm³/mol. The third-order valence-electron chi connectivity index (χ3n) is 5.73. The predicted octanol–water partition coefficient (Wildman–Crippen LogP) is 0.642. The van der Waals surface area contributed by atoms with Crippen molar-refractivity contribution < 1.29 is 28.2 Å². The topological polar surface area (TPSA) is 88.2 Å². The zero-order valence-corrected chi connectivity index (χ0v) is 15.7. The lowest BCUT2D eigenvalue weighted by atomic mass is 9.97. The average molecular weight is 391 g/mol. The highest BCUT2D eigenvalue weighted by atomic mass is 19.1. The SMILES string of the molecule is COC(OC)C1CN(c2ccc3c(c2F)CN(C2CCC(=O)NC2=O)C3=O)C1. The highest BCUT2D eigenvalue weighted by Crippen LogP contribution is 2.36. The fraction of sp³-hybridized carbons (Fsp3) is 0.526. The van der Waals surface area contributed by atoms with E-state index in [9.17, 15) is 14.4 Å². The minimum Gasteiger partial charge on any atom is -0.368 e. The number of nitrogens with one attached hydrogen (secondary N) is 1. The molecule has 0 saturated carbocycles. The van der Waals surface area contributed by atoms with Crippen LogP contribution in [0.15, 0.2) is 12.1 Å². The van der Waals surface area contributed by atoms with Gasteiger partial charge in [-0.25, -0.2) is 4.39 Å². The quantitative estimate of drug-likeness (QED) is 0.586. The molecule has 2 fully saturated rings. The lowest BCUT2D eigenvalue weighted by Gasteiger charge is -2.43. The number of imide groups is 1. The molecular formula is C19H22FN3O5. The molecule has 0 bridgehead atoms. The molecule has 1 N–H and O–H groups in total. The van der Waals surface area contributed by atoms with Gasteiger partial charge in [-0.2, -0.15) is 0 Å². The van der Waals surface area contributed by atoms with Crippen molar-refractivity contribution >= 4 is 23.4 Å². The molecule has 9 heteroatoms. The normalized spacial score (nSPS) is 22.6. The van der Waals surface area contributed by atoms with E-state index in [0.29, 0.717) is 24.3 Å². The summed E-state index contributed by atoms with van der Waals surface area (Å²) < 4.78 is 25.7. The van der Waals surface area contributed by atoms with Gasteiger partial charge in [-0.15, -0.1) is 0 Å².